The minimum absolute atomic E-state index is 0.154. The molecule has 0 aliphatic carbocycles. The van der Waals surface area contributed by atoms with Crippen LogP contribution in [0, 0.1) is 0 Å². The molecule has 12 heteroatoms. The maximum Gasteiger partial charge on any atom is 0.323 e. The molecule has 154 valence electrons. The summed E-state index contributed by atoms with van der Waals surface area (Å²) in [5.74, 6) is 0. The van der Waals surface area contributed by atoms with Crippen molar-refractivity contribution in [3.8, 4) is 0 Å². The van der Waals surface area contributed by atoms with Crippen molar-refractivity contribution < 1.29 is 19.2 Å². The Morgan fingerprint density at radius 2 is 0.714 bits per heavy atom. The van der Waals surface area contributed by atoms with Gasteiger partial charge in [0, 0.05) is 55.4 Å². The average molecular weight is 394 g/mol. The lowest BCUT2D eigenvalue weighted by molar-refractivity contribution is 0.111. The van der Waals surface area contributed by atoms with Crippen LogP contribution in [-0.2, 0) is 0 Å². The number of hydrogen-bond donors (Lipinski definition) is 0. The van der Waals surface area contributed by atoms with Gasteiger partial charge >= 0.3 is 24.1 Å². The summed E-state index contributed by atoms with van der Waals surface area (Å²) in [4.78, 5) is 62.7. The van der Waals surface area contributed by atoms with Crippen molar-refractivity contribution in [2.45, 2.75) is 24.7 Å². The van der Waals surface area contributed by atoms with Crippen molar-refractivity contribution in [3.05, 3.63) is 0 Å². The van der Waals surface area contributed by atoms with Gasteiger partial charge in [0.15, 0.2) is 0 Å². The van der Waals surface area contributed by atoms with Crippen LogP contribution in [0.3, 0.4) is 0 Å². The van der Waals surface area contributed by atoms with E-state index in [1.807, 2.05) is 0 Å². The smallest absolute Gasteiger partial charge is 0.303 e. The predicted octanol–water partition coefficient (Wildman–Crippen LogP) is -0.980. The molecule has 8 amide bonds. The molecule has 0 aromatic rings. The van der Waals surface area contributed by atoms with Crippen molar-refractivity contribution in [3.63, 3.8) is 0 Å². The fourth-order valence-electron chi connectivity index (χ4n) is 4.94. The van der Waals surface area contributed by atoms with Gasteiger partial charge in [-0.1, -0.05) is 0 Å². The highest BCUT2D eigenvalue weighted by Crippen LogP contribution is 2.34. The molecular weight excluding hydrogens is 368 g/mol. The number of urea groups is 4. The molecule has 4 fully saturated rings. The van der Waals surface area contributed by atoms with Gasteiger partial charge in [-0.05, 0) is 0 Å². The standard InChI is InChI=1S/C16H26N8O4/c1-17-9-11(21(5)13(17)25)23(15(27)19(9)3)7-8-24-12-10(20(4)16(24)28)18(2)14(26)22(12)6/h9-12H,7-8H2,1-6H3/t9-,10+,11-,12+. The molecule has 4 aliphatic heterocycles. The molecule has 4 rings (SSSR count). The highest BCUT2D eigenvalue weighted by molar-refractivity contribution is 5.86. The first-order valence-electron chi connectivity index (χ1n) is 9.15. The van der Waals surface area contributed by atoms with Crippen molar-refractivity contribution in [2.75, 3.05) is 55.4 Å². The monoisotopic (exact) mass is 394 g/mol. The van der Waals surface area contributed by atoms with Crippen LogP contribution in [0.25, 0.3) is 0 Å². The lowest BCUT2D eigenvalue weighted by atomic mass is 10.3. The number of amides is 8. The summed E-state index contributed by atoms with van der Waals surface area (Å²) in [5, 5.41) is 0. The van der Waals surface area contributed by atoms with Crippen molar-refractivity contribution in [1.82, 2.24) is 39.2 Å². The number of rotatable bonds is 3. The number of nitrogens with zero attached hydrogens (tertiary/aromatic N) is 8. The molecule has 4 aliphatic rings. The summed E-state index contributed by atoms with van der Waals surface area (Å²) < 4.78 is 0. The first-order valence-corrected chi connectivity index (χ1v) is 9.15. The molecule has 0 aromatic heterocycles. The predicted molar refractivity (Wildman–Crippen MR) is 96.7 cm³/mol. The summed E-state index contributed by atoms with van der Waals surface area (Å²) in [5.41, 5.74) is 0. The Morgan fingerprint density at radius 1 is 0.464 bits per heavy atom. The van der Waals surface area contributed by atoms with E-state index in [4.69, 9.17) is 0 Å². The molecule has 0 N–H and O–H groups in total. The highest BCUT2D eigenvalue weighted by atomic mass is 16.2. The Bertz CT molecular complexity index is 699. The fourth-order valence-corrected chi connectivity index (χ4v) is 4.94. The van der Waals surface area contributed by atoms with Crippen LogP contribution in [0.15, 0.2) is 0 Å². The Labute approximate surface area is 163 Å². The molecule has 0 saturated carbocycles. The zero-order chi connectivity index (χ0) is 20.7. The second-order valence-electron chi connectivity index (χ2n) is 7.84. The van der Waals surface area contributed by atoms with E-state index in [2.05, 4.69) is 0 Å². The normalized spacial score (nSPS) is 32.6. The van der Waals surface area contributed by atoms with Crippen LogP contribution < -0.4 is 0 Å². The fraction of sp³-hybridized carbons (Fsp3) is 0.750. The van der Waals surface area contributed by atoms with E-state index in [1.54, 1.807) is 81.5 Å². The average Bonchev–Trinajstić information content (AvgIpc) is 3.23. The van der Waals surface area contributed by atoms with E-state index >= 15 is 0 Å². The quantitative estimate of drug-likeness (QED) is 0.615. The second kappa shape index (κ2) is 5.79. The van der Waals surface area contributed by atoms with Crippen LogP contribution in [0.4, 0.5) is 19.2 Å². The third kappa shape index (κ3) is 2.05. The van der Waals surface area contributed by atoms with E-state index in [1.165, 1.54) is 0 Å². The van der Waals surface area contributed by atoms with Gasteiger partial charge in [-0.3, -0.25) is 9.80 Å². The van der Waals surface area contributed by atoms with Gasteiger partial charge in [0.05, 0.1) is 0 Å². The molecule has 0 spiro atoms. The van der Waals surface area contributed by atoms with E-state index in [-0.39, 0.29) is 49.5 Å². The van der Waals surface area contributed by atoms with Gasteiger partial charge < -0.3 is 29.4 Å². The Hall–Kier alpha value is -2.92. The molecule has 0 radical (unpaired) electrons. The largest absolute Gasteiger partial charge is 0.323 e. The van der Waals surface area contributed by atoms with Crippen LogP contribution >= 0.6 is 0 Å². The molecule has 28 heavy (non-hydrogen) atoms. The van der Waals surface area contributed by atoms with Gasteiger partial charge in [-0.25, -0.2) is 19.2 Å². The lowest BCUT2D eigenvalue weighted by Crippen LogP contribution is -2.51. The maximum atomic E-state index is 12.8. The SMILES string of the molecule is CN1C(=O)N(C)[C@H]2[C@H]1N(C)C(=O)N2CCN1C(=O)N(C)[C@H]2[C@H]1N(C)C(=O)N2C. The summed E-state index contributed by atoms with van der Waals surface area (Å²) in [6.45, 7) is 0.536. The summed E-state index contributed by atoms with van der Waals surface area (Å²) >= 11 is 0. The number of carbonyl (C=O) groups is 4. The van der Waals surface area contributed by atoms with Crippen molar-refractivity contribution >= 4 is 24.1 Å². The second-order valence-corrected chi connectivity index (χ2v) is 7.84. The van der Waals surface area contributed by atoms with E-state index in [0.717, 1.165) is 0 Å². The highest BCUT2D eigenvalue weighted by Gasteiger charge is 2.58. The van der Waals surface area contributed by atoms with Gasteiger partial charge in [0.25, 0.3) is 0 Å². The third-order valence-corrected chi connectivity index (χ3v) is 6.44. The number of likely N-dealkylation sites (N-methyl/N-ethyl adjacent to an activating group) is 6. The van der Waals surface area contributed by atoms with Gasteiger partial charge in [0.1, 0.15) is 24.7 Å². The molecule has 0 unspecified atom stereocenters. The molecule has 0 aromatic carbocycles. The molecular formula is C16H26N8O4. The van der Waals surface area contributed by atoms with Gasteiger partial charge in [-0.2, -0.15) is 0 Å². The molecule has 0 bridgehead atoms. The van der Waals surface area contributed by atoms with Crippen LogP contribution in [0.1, 0.15) is 0 Å². The summed E-state index contributed by atoms with van der Waals surface area (Å²) in [7, 11) is 10.0. The van der Waals surface area contributed by atoms with Crippen LogP contribution in [0.5, 0.6) is 0 Å². The summed E-state index contributed by atoms with van der Waals surface area (Å²) in [6, 6.07) is -0.685. The van der Waals surface area contributed by atoms with Crippen molar-refractivity contribution in [1.29, 1.82) is 0 Å². The van der Waals surface area contributed by atoms with Gasteiger partial charge in [-0.15, -0.1) is 0 Å². The van der Waals surface area contributed by atoms with E-state index in [9.17, 15) is 19.2 Å². The first-order chi connectivity index (χ1) is 13.1. The summed E-state index contributed by atoms with van der Waals surface area (Å²) in [6.07, 6.45) is -1.55. The molecule has 4 saturated heterocycles. The van der Waals surface area contributed by atoms with Crippen LogP contribution in [-0.4, -0.2) is 143 Å². The number of fused-ring (bicyclic) bond motifs is 2. The molecule has 4 heterocycles. The maximum absolute atomic E-state index is 12.8. The zero-order valence-corrected chi connectivity index (χ0v) is 16.9. The number of hydrogen-bond acceptors (Lipinski definition) is 4. The minimum atomic E-state index is -0.410. The van der Waals surface area contributed by atoms with Crippen molar-refractivity contribution in [2.24, 2.45) is 0 Å². The topological polar surface area (TPSA) is 94.2 Å². The minimum Gasteiger partial charge on any atom is -0.303 e. The molecule has 4 atom stereocenters. The first kappa shape index (κ1) is 18.4. The Balaban J connectivity index is 1.54. The lowest BCUT2D eigenvalue weighted by Gasteiger charge is -2.31. The van der Waals surface area contributed by atoms with Gasteiger partial charge in [0.2, 0.25) is 0 Å². The van der Waals surface area contributed by atoms with E-state index in [0.29, 0.717) is 0 Å². The zero-order valence-electron chi connectivity index (χ0n) is 16.9. The Morgan fingerprint density at radius 3 is 1.04 bits per heavy atom. The van der Waals surface area contributed by atoms with E-state index < -0.39 is 12.3 Å². The Kier molecular flexibility index (Phi) is 3.81. The number of carbonyl (C=O) groups excluding carboxylic acids is 4. The van der Waals surface area contributed by atoms with Crippen LogP contribution in [0.2, 0.25) is 0 Å². The third-order valence-electron chi connectivity index (χ3n) is 6.44. The molecule has 12 nitrogen and oxygen atoms in total.